The summed E-state index contributed by atoms with van der Waals surface area (Å²) in [5.74, 6) is 0.492. The van der Waals surface area contributed by atoms with Crippen molar-refractivity contribution in [3.63, 3.8) is 0 Å². The molecular weight excluding hydrogens is 240 g/mol. The molecular formula is C12H13BrO. The first-order chi connectivity index (χ1) is 6.63. The third-order valence-electron chi connectivity index (χ3n) is 2.92. The summed E-state index contributed by atoms with van der Waals surface area (Å²) in [5.41, 5.74) is 0.692. The van der Waals surface area contributed by atoms with E-state index in [0.717, 1.165) is 17.3 Å². The third kappa shape index (κ3) is 1.77. The summed E-state index contributed by atoms with van der Waals surface area (Å²) in [4.78, 5) is 0. The van der Waals surface area contributed by atoms with Crippen molar-refractivity contribution >= 4 is 15.9 Å². The molecule has 1 aliphatic carbocycles. The Balaban J connectivity index is 2.06. The highest BCUT2D eigenvalue weighted by molar-refractivity contribution is 9.10. The first-order valence-electron chi connectivity index (χ1n) is 4.74. The van der Waals surface area contributed by atoms with Crippen LogP contribution in [0, 0.1) is 0 Å². The van der Waals surface area contributed by atoms with Gasteiger partial charge in [0.15, 0.2) is 0 Å². The second-order valence-corrected chi connectivity index (χ2v) is 4.88. The predicted octanol–water partition coefficient (Wildman–Crippen LogP) is 3.24. The molecule has 1 aromatic rings. The summed E-state index contributed by atoms with van der Waals surface area (Å²) >= 11 is 3.41. The van der Waals surface area contributed by atoms with Crippen LogP contribution in [0.1, 0.15) is 24.3 Å². The van der Waals surface area contributed by atoms with Gasteiger partial charge in [-0.25, -0.2) is 0 Å². The summed E-state index contributed by atoms with van der Waals surface area (Å²) in [6, 6.07) is 8.30. The van der Waals surface area contributed by atoms with E-state index >= 15 is 0 Å². The fourth-order valence-electron chi connectivity index (χ4n) is 1.93. The molecule has 0 unspecified atom stereocenters. The van der Waals surface area contributed by atoms with Gasteiger partial charge in [0, 0.05) is 4.47 Å². The molecule has 0 saturated heterocycles. The molecule has 1 nitrogen and oxygen atoms in total. The number of hydrogen-bond donors (Lipinski definition) is 1. The second kappa shape index (κ2) is 3.52. The lowest BCUT2D eigenvalue weighted by Gasteiger charge is -2.41. The Labute approximate surface area is 92.6 Å². The Hall–Kier alpha value is -0.600. The van der Waals surface area contributed by atoms with Gasteiger partial charge in [-0.3, -0.25) is 0 Å². The molecule has 14 heavy (non-hydrogen) atoms. The highest BCUT2D eigenvalue weighted by Gasteiger charge is 2.40. The first-order valence-corrected chi connectivity index (χ1v) is 5.54. The molecule has 74 valence electrons. The summed E-state index contributed by atoms with van der Waals surface area (Å²) < 4.78 is 1.10. The van der Waals surface area contributed by atoms with Gasteiger partial charge in [-0.2, -0.15) is 0 Å². The molecule has 1 aliphatic rings. The number of hydrogen-bond acceptors (Lipinski definition) is 1. The van der Waals surface area contributed by atoms with Crippen LogP contribution in [0.5, 0.6) is 0 Å². The van der Waals surface area contributed by atoms with E-state index in [-0.39, 0.29) is 0 Å². The van der Waals surface area contributed by atoms with Crippen molar-refractivity contribution in [2.24, 2.45) is 0 Å². The summed E-state index contributed by atoms with van der Waals surface area (Å²) in [5, 5.41) is 9.78. The van der Waals surface area contributed by atoms with E-state index in [0.29, 0.717) is 5.92 Å². The summed E-state index contributed by atoms with van der Waals surface area (Å²) in [7, 11) is 0. The molecule has 2 rings (SSSR count). The van der Waals surface area contributed by atoms with E-state index in [2.05, 4.69) is 34.6 Å². The van der Waals surface area contributed by atoms with Crippen LogP contribution in [-0.4, -0.2) is 10.7 Å². The maximum atomic E-state index is 9.78. The van der Waals surface area contributed by atoms with Crippen LogP contribution in [0.15, 0.2) is 41.4 Å². The zero-order valence-electron chi connectivity index (χ0n) is 7.91. The Bertz CT molecular complexity index is 336. The van der Waals surface area contributed by atoms with Gasteiger partial charge in [0.05, 0.1) is 5.60 Å². The van der Waals surface area contributed by atoms with Gasteiger partial charge in [-0.05, 0) is 36.5 Å². The fraction of sp³-hybridized carbons (Fsp3) is 0.333. The van der Waals surface area contributed by atoms with Crippen molar-refractivity contribution in [3.8, 4) is 0 Å². The van der Waals surface area contributed by atoms with Crippen LogP contribution in [0.25, 0.3) is 0 Å². The lowest BCUT2D eigenvalue weighted by atomic mass is 9.68. The molecule has 0 heterocycles. The smallest absolute Gasteiger partial charge is 0.0836 e. The molecule has 0 amide bonds. The summed E-state index contributed by atoms with van der Waals surface area (Å²) in [6.07, 6.45) is 3.26. The SMILES string of the molecule is C=C[C@]1(O)C[C@H](c2ccc(Br)cc2)C1. The summed E-state index contributed by atoms with van der Waals surface area (Å²) in [6.45, 7) is 3.64. The zero-order chi connectivity index (χ0) is 10.2. The van der Waals surface area contributed by atoms with Gasteiger partial charge in [0.25, 0.3) is 0 Å². The average Bonchev–Trinajstić information content (AvgIpc) is 2.15. The van der Waals surface area contributed by atoms with Gasteiger partial charge < -0.3 is 5.11 Å². The van der Waals surface area contributed by atoms with E-state index in [1.165, 1.54) is 5.56 Å². The van der Waals surface area contributed by atoms with Crippen molar-refractivity contribution in [2.75, 3.05) is 0 Å². The van der Waals surface area contributed by atoms with E-state index < -0.39 is 5.60 Å². The predicted molar refractivity (Wildman–Crippen MR) is 61.3 cm³/mol. The fourth-order valence-corrected chi connectivity index (χ4v) is 2.20. The largest absolute Gasteiger partial charge is 0.386 e. The molecule has 2 heteroatoms. The zero-order valence-corrected chi connectivity index (χ0v) is 9.50. The van der Waals surface area contributed by atoms with Crippen LogP contribution >= 0.6 is 15.9 Å². The number of aliphatic hydroxyl groups is 1. The van der Waals surface area contributed by atoms with Crippen LogP contribution in [0.2, 0.25) is 0 Å². The maximum absolute atomic E-state index is 9.78. The molecule has 0 aromatic heterocycles. The highest BCUT2D eigenvalue weighted by atomic mass is 79.9. The topological polar surface area (TPSA) is 20.2 Å². The molecule has 0 radical (unpaired) electrons. The van der Waals surface area contributed by atoms with Crippen LogP contribution < -0.4 is 0 Å². The molecule has 1 fully saturated rings. The minimum Gasteiger partial charge on any atom is -0.386 e. The Morgan fingerprint density at radius 3 is 2.43 bits per heavy atom. The highest BCUT2D eigenvalue weighted by Crippen LogP contribution is 2.45. The van der Waals surface area contributed by atoms with Crippen LogP contribution in [0.4, 0.5) is 0 Å². The van der Waals surface area contributed by atoms with Crippen LogP contribution in [-0.2, 0) is 0 Å². The van der Waals surface area contributed by atoms with Gasteiger partial charge in [-0.15, -0.1) is 6.58 Å². The van der Waals surface area contributed by atoms with Crippen molar-refractivity contribution in [1.82, 2.24) is 0 Å². The third-order valence-corrected chi connectivity index (χ3v) is 3.45. The minimum atomic E-state index is -0.613. The molecule has 1 aromatic carbocycles. The van der Waals surface area contributed by atoms with E-state index in [1.807, 2.05) is 12.1 Å². The molecule has 0 aliphatic heterocycles. The molecule has 1 saturated carbocycles. The second-order valence-electron chi connectivity index (χ2n) is 3.96. The normalized spacial score (nSPS) is 30.9. The lowest BCUT2D eigenvalue weighted by molar-refractivity contribution is -0.00312. The number of benzene rings is 1. The average molecular weight is 253 g/mol. The van der Waals surface area contributed by atoms with Crippen molar-refractivity contribution in [3.05, 3.63) is 47.0 Å². The van der Waals surface area contributed by atoms with Crippen molar-refractivity contribution in [2.45, 2.75) is 24.4 Å². The molecule has 1 N–H and O–H groups in total. The van der Waals surface area contributed by atoms with E-state index in [4.69, 9.17) is 0 Å². The number of rotatable bonds is 2. The molecule has 0 atom stereocenters. The van der Waals surface area contributed by atoms with Crippen LogP contribution in [0.3, 0.4) is 0 Å². The number of halogens is 1. The Morgan fingerprint density at radius 1 is 1.36 bits per heavy atom. The molecule has 0 spiro atoms. The Morgan fingerprint density at radius 2 is 1.93 bits per heavy atom. The lowest BCUT2D eigenvalue weighted by Crippen LogP contribution is -2.40. The van der Waals surface area contributed by atoms with Gasteiger partial charge in [0.2, 0.25) is 0 Å². The minimum absolute atomic E-state index is 0.492. The first kappa shape index (κ1) is 9.94. The maximum Gasteiger partial charge on any atom is 0.0836 e. The van der Waals surface area contributed by atoms with E-state index in [1.54, 1.807) is 6.08 Å². The standard InChI is InChI=1S/C12H13BrO/c1-2-12(14)7-10(8-12)9-3-5-11(13)6-4-9/h2-6,10,14H,1,7-8H2/t10-,12-. The molecule has 0 bridgehead atoms. The Kier molecular flexibility index (Phi) is 2.50. The van der Waals surface area contributed by atoms with Gasteiger partial charge in [-0.1, -0.05) is 34.1 Å². The van der Waals surface area contributed by atoms with Gasteiger partial charge >= 0.3 is 0 Å². The monoisotopic (exact) mass is 252 g/mol. The quantitative estimate of drug-likeness (QED) is 0.802. The van der Waals surface area contributed by atoms with E-state index in [9.17, 15) is 5.11 Å². The van der Waals surface area contributed by atoms with Crippen molar-refractivity contribution < 1.29 is 5.11 Å². The van der Waals surface area contributed by atoms with Crippen molar-refractivity contribution in [1.29, 1.82) is 0 Å². The van der Waals surface area contributed by atoms with Gasteiger partial charge in [0.1, 0.15) is 0 Å².